The molecule has 0 fully saturated rings. The third-order valence-corrected chi connectivity index (χ3v) is 5.99. The van der Waals surface area contributed by atoms with Crippen LogP contribution >= 0.6 is 27.7 Å². The predicted molar refractivity (Wildman–Crippen MR) is 121 cm³/mol. The summed E-state index contributed by atoms with van der Waals surface area (Å²) in [5, 5.41) is 12.2. The standard InChI is InChI=1S/C22H19BrN4O3S/c1-29-18-6-3-2-5-17(18)27-20(13-24-21(28)19-7-4-12-30-19)25-26-22(27)31-14-15-8-10-16(23)11-9-15/h2-12H,13-14H2,1H3,(H,24,28). The number of amides is 1. The van der Waals surface area contributed by atoms with Crippen molar-refractivity contribution >= 4 is 33.6 Å². The van der Waals surface area contributed by atoms with Crippen LogP contribution in [-0.2, 0) is 12.3 Å². The van der Waals surface area contributed by atoms with Gasteiger partial charge in [-0.25, -0.2) is 0 Å². The molecule has 2 heterocycles. The van der Waals surface area contributed by atoms with E-state index in [0.717, 1.165) is 21.5 Å². The zero-order chi connectivity index (χ0) is 21.6. The Kier molecular flexibility index (Phi) is 6.73. The van der Waals surface area contributed by atoms with Crippen LogP contribution in [-0.4, -0.2) is 27.8 Å². The third-order valence-electron chi connectivity index (χ3n) is 4.46. The number of hydrogen-bond acceptors (Lipinski definition) is 6. The summed E-state index contributed by atoms with van der Waals surface area (Å²) in [7, 11) is 1.62. The van der Waals surface area contributed by atoms with E-state index in [1.54, 1.807) is 31.0 Å². The van der Waals surface area contributed by atoms with E-state index >= 15 is 0 Å². The lowest BCUT2D eigenvalue weighted by molar-refractivity contribution is 0.0922. The summed E-state index contributed by atoms with van der Waals surface area (Å²) < 4.78 is 13.6. The molecule has 1 N–H and O–H groups in total. The van der Waals surface area contributed by atoms with Crippen molar-refractivity contribution in [2.45, 2.75) is 17.5 Å². The number of para-hydroxylation sites is 2. The fourth-order valence-corrected chi connectivity index (χ4v) is 4.13. The number of nitrogens with one attached hydrogen (secondary N) is 1. The highest BCUT2D eigenvalue weighted by molar-refractivity contribution is 9.10. The van der Waals surface area contributed by atoms with Crippen molar-refractivity contribution in [3.8, 4) is 11.4 Å². The summed E-state index contributed by atoms with van der Waals surface area (Å²) in [6.07, 6.45) is 1.46. The zero-order valence-electron chi connectivity index (χ0n) is 16.6. The van der Waals surface area contributed by atoms with Crippen LogP contribution in [0.15, 0.2) is 81.0 Å². The number of furan rings is 1. The molecule has 4 aromatic rings. The SMILES string of the molecule is COc1ccccc1-n1c(CNC(=O)c2ccco2)nnc1SCc1ccc(Br)cc1. The molecule has 1 amide bonds. The van der Waals surface area contributed by atoms with Gasteiger partial charge >= 0.3 is 0 Å². The molecule has 2 aromatic heterocycles. The lowest BCUT2D eigenvalue weighted by Gasteiger charge is -2.14. The molecule has 0 aliphatic carbocycles. The Morgan fingerprint density at radius 2 is 1.94 bits per heavy atom. The van der Waals surface area contributed by atoms with Gasteiger partial charge < -0.3 is 14.5 Å². The maximum atomic E-state index is 12.3. The van der Waals surface area contributed by atoms with Crippen molar-refractivity contribution in [3.05, 3.63) is 88.5 Å². The van der Waals surface area contributed by atoms with Crippen molar-refractivity contribution in [3.63, 3.8) is 0 Å². The van der Waals surface area contributed by atoms with E-state index in [1.165, 1.54) is 6.26 Å². The van der Waals surface area contributed by atoms with Crippen LogP contribution < -0.4 is 10.1 Å². The lowest BCUT2D eigenvalue weighted by atomic mass is 10.2. The van der Waals surface area contributed by atoms with Crippen LogP contribution in [0.4, 0.5) is 0 Å². The fourth-order valence-electron chi connectivity index (χ4n) is 2.95. The Morgan fingerprint density at radius 1 is 1.13 bits per heavy atom. The molecule has 158 valence electrons. The van der Waals surface area contributed by atoms with Gasteiger partial charge in [0.05, 0.1) is 25.6 Å². The third kappa shape index (κ3) is 5.00. The molecular formula is C22H19BrN4O3S. The second-order valence-corrected chi connectivity index (χ2v) is 8.34. The number of methoxy groups -OCH3 is 1. The number of rotatable bonds is 8. The zero-order valence-corrected chi connectivity index (χ0v) is 19.0. The molecule has 0 spiro atoms. The maximum Gasteiger partial charge on any atom is 0.287 e. The van der Waals surface area contributed by atoms with Gasteiger partial charge in [-0.3, -0.25) is 9.36 Å². The molecule has 0 atom stereocenters. The van der Waals surface area contributed by atoms with E-state index in [1.807, 2.05) is 41.0 Å². The molecular weight excluding hydrogens is 480 g/mol. The second-order valence-electron chi connectivity index (χ2n) is 6.48. The first-order valence-corrected chi connectivity index (χ1v) is 11.2. The Morgan fingerprint density at radius 3 is 2.68 bits per heavy atom. The van der Waals surface area contributed by atoms with Crippen molar-refractivity contribution < 1.29 is 13.9 Å². The van der Waals surface area contributed by atoms with E-state index in [9.17, 15) is 4.79 Å². The fraction of sp³-hybridized carbons (Fsp3) is 0.136. The van der Waals surface area contributed by atoms with E-state index in [-0.39, 0.29) is 18.2 Å². The largest absolute Gasteiger partial charge is 0.495 e. The number of aromatic nitrogens is 3. The van der Waals surface area contributed by atoms with Gasteiger partial charge in [0.15, 0.2) is 16.7 Å². The van der Waals surface area contributed by atoms with Gasteiger partial charge in [0.25, 0.3) is 5.91 Å². The van der Waals surface area contributed by atoms with Gasteiger partial charge in [0.1, 0.15) is 5.75 Å². The summed E-state index contributed by atoms with van der Waals surface area (Å²) in [6.45, 7) is 0.184. The number of thioether (sulfide) groups is 1. The molecule has 9 heteroatoms. The molecule has 7 nitrogen and oxygen atoms in total. The molecule has 0 bridgehead atoms. The maximum absolute atomic E-state index is 12.3. The molecule has 31 heavy (non-hydrogen) atoms. The van der Waals surface area contributed by atoms with Crippen molar-refractivity contribution in [2.75, 3.05) is 7.11 Å². The number of carbonyl (C=O) groups is 1. The molecule has 0 saturated heterocycles. The number of ether oxygens (including phenoxy) is 1. The van der Waals surface area contributed by atoms with Gasteiger partial charge in [0, 0.05) is 10.2 Å². The summed E-state index contributed by atoms with van der Waals surface area (Å²) in [6, 6.07) is 19.1. The Labute approximate surface area is 191 Å². The van der Waals surface area contributed by atoms with E-state index < -0.39 is 0 Å². The molecule has 0 aliphatic heterocycles. The summed E-state index contributed by atoms with van der Waals surface area (Å²) in [4.78, 5) is 12.3. The first-order chi connectivity index (χ1) is 15.2. The minimum Gasteiger partial charge on any atom is -0.495 e. The summed E-state index contributed by atoms with van der Waals surface area (Å²) in [5.41, 5.74) is 1.96. The number of carbonyl (C=O) groups excluding carboxylic acids is 1. The lowest BCUT2D eigenvalue weighted by Crippen LogP contribution is -2.24. The second kappa shape index (κ2) is 9.84. The molecule has 0 unspecified atom stereocenters. The van der Waals surface area contributed by atoms with Crippen LogP contribution in [0, 0.1) is 0 Å². The van der Waals surface area contributed by atoms with Crippen molar-refractivity contribution in [1.29, 1.82) is 0 Å². The monoisotopic (exact) mass is 498 g/mol. The Hall–Kier alpha value is -3.04. The average molecular weight is 499 g/mol. The minimum atomic E-state index is -0.316. The van der Waals surface area contributed by atoms with Gasteiger partial charge in [0.2, 0.25) is 0 Å². The van der Waals surface area contributed by atoms with E-state index in [4.69, 9.17) is 9.15 Å². The predicted octanol–water partition coefficient (Wildman–Crippen LogP) is 4.85. The van der Waals surface area contributed by atoms with Gasteiger partial charge in [-0.2, -0.15) is 0 Å². The highest BCUT2D eigenvalue weighted by Crippen LogP contribution is 2.30. The Balaban J connectivity index is 1.61. The molecule has 0 aliphatic rings. The van der Waals surface area contributed by atoms with Crippen LogP contribution in [0.25, 0.3) is 5.69 Å². The van der Waals surface area contributed by atoms with Crippen LogP contribution in [0.3, 0.4) is 0 Å². The van der Waals surface area contributed by atoms with E-state index in [0.29, 0.717) is 16.7 Å². The number of nitrogens with zero attached hydrogens (tertiary/aromatic N) is 3. The summed E-state index contributed by atoms with van der Waals surface area (Å²) >= 11 is 5.02. The smallest absolute Gasteiger partial charge is 0.287 e. The highest BCUT2D eigenvalue weighted by atomic mass is 79.9. The topological polar surface area (TPSA) is 82.2 Å². The van der Waals surface area contributed by atoms with Gasteiger partial charge in [-0.1, -0.05) is 52.0 Å². The molecule has 0 radical (unpaired) electrons. The summed E-state index contributed by atoms with van der Waals surface area (Å²) in [5.74, 6) is 1.92. The first kappa shape index (κ1) is 21.2. The van der Waals surface area contributed by atoms with Crippen molar-refractivity contribution in [2.24, 2.45) is 0 Å². The first-order valence-electron chi connectivity index (χ1n) is 9.42. The molecule has 4 rings (SSSR count). The van der Waals surface area contributed by atoms with E-state index in [2.05, 4.69) is 43.6 Å². The van der Waals surface area contributed by atoms with Crippen LogP contribution in [0.2, 0.25) is 0 Å². The van der Waals surface area contributed by atoms with Crippen LogP contribution in [0.5, 0.6) is 5.75 Å². The normalized spacial score (nSPS) is 10.8. The molecule has 2 aromatic carbocycles. The Bertz CT molecular complexity index is 1160. The highest BCUT2D eigenvalue weighted by Gasteiger charge is 2.19. The molecule has 0 saturated carbocycles. The quantitative estimate of drug-likeness (QED) is 0.349. The van der Waals surface area contributed by atoms with Crippen LogP contribution in [0.1, 0.15) is 21.9 Å². The number of halogens is 1. The average Bonchev–Trinajstić information content (AvgIpc) is 3.47. The number of benzene rings is 2. The van der Waals surface area contributed by atoms with Crippen molar-refractivity contribution in [1.82, 2.24) is 20.1 Å². The van der Waals surface area contributed by atoms with Gasteiger partial charge in [-0.05, 0) is 42.0 Å². The number of hydrogen-bond donors (Lipinski definition) is 1. The van der Waals surface area contributed by atoms with Gasteiger partial charge in [-0.15, -0.1) is 10.2 Å². The minimum absolute atomic E-state index is 0.184.